The highest BCUT2D eigenvalue weighted by Gasteiger charge is 2.45. The first-order valence-electron chi connectivity index (χ1n) is 11.4. The number of anilines is 3. The summed E-state index contributed by atoms with van der Waals surface area (Å²) in [5, 5.41) is 14.9. The zero-order chi connectivity index (χ0) is 23.2. The number of aromatic nitrogens is 5. The zero-order valence-electron chi connectivity index (χ0n) is 19.4. The minimum absolute atomic E-state index is 0.169. The lowest BCUT2D eigenvalue weighted by atomic mass is 9.98. The molecule has 0 saturated carbocycles. The van der Waals surface area contributed by atoms with Crippen LogP contribution in [0, 0.1) is 6.92 Å². The van der Waals surface area contributed by atoms with E-state index in [1.54, 1.807) is 12.4 Å². The average molecular weight is 451 g/mol. The van der Waals surface area contributed by atoms with Crippen molar-refractivity contribution in [3.63, 3.8) is 0 Å². The first-order chi connectivity index (χ1) is 15.7. The number of carbonyl (C=O) groups is 1. The van der Waals surface area contributed by atoms with Crippen LogP contribution in [0.25, 0.3) is 10.9 Å². The van der Waals surface area contributed by atoms with Crippen LogP contribution in [0.5, 0.6) is 0 Å². The molecular formula is C23H30N8O2. The third kappa shape index (κ3) is 4.55. The van der Waals surface area contributed by atoms with Gasteiger partial charge in [-0.05, 0) is 59.4 Å². The lowest BCUT2D eigenvalue weighted by molar-refractivity contribution is 0.00682. The van der Waals surface area contributed by atoms with Gasteiger partial charge >= 0.3 is 6.09 Å². The van der Waals surface area contributed by atoms with Crippen LogP contribution < -0.4 is 10.6 Å². The van der Waals surface area contributed by atoms with Crippen molar-refractivity contribution in [2.75, 3.05) is 10.6 Å². The molecule has 2 aliphatic heterocycles. The monoisotopic (exact) mass is 450 g/mol. The second kappa shape index (κ2) is 8.17. The Morgan fingerprint density at radius 1 is 1.21 bits per heavy atom. The second-order valence-electron chi connectivity index (χ2n) is 9.94. The summed E-state index contributed by atoms with van der Waals surface area (Å²) in [6.45, 7) is 7.67. The van der Waals surface area contributed by atoms with Crippen LogP contribution in [0.4, 0.5) is 22.4 Å². The number of fused-ring (bicyclic) bond motifs is 3. The van der Waals surface area contributed by atoms with Crippen molar-refractivity contribution in [1.29, 1.82) is 0 Å². The minimum Gasteiger partial charge on any atom is -0.444 e. The van der Waals surface area contributed by atoms with Crippen LogP contribution in [-0.4, -0.2) is 59.9 Å². The molecule has 1 amide bonds. The maximum Gasteiger partial charge on any atom is 0.410 e. The molecule has 10 heteroatoms. The Balaban J connectivity index is 1.34. The summed E-state index contributed by atoms with van der Waals surface area (Å²) in [7, 11) is 0. The fraction of sp³-hybridized carbons (Fsp3) is 0.522. The highest BCUT2D eigenvalue weighted by atomic mass is 16.6. The average Bonchev–Trinajstić information content (AvgIpc) is 3.27. The summed E-state index contributed by atoms with van der Waals surface area (Å²) in [6, 6.07) is 4.33. The molecular weight excluding hydrogens is 420 g/mol. The van der Waals surface area contributed by atoms with E-state index in [1.807, 2.05) is 44.7 Å². The number of nitrogens with one attached hydrogen (secondary N) is 3. The molecule has 33 heavy (non-hydrogen) atoms. The van der Waals surface area contributed by atoms with Gasteiger partial charge in [0.15, 0.2) is 5.82 Å². The van der Waals surface area contributed by atoms with Crippen molar-refractivity contribution in [3.8, 4) is 0 Å². The highest BCUT2D eigenvalue weighted by Crippen LogP contribution is 2.38. The van der Waals surface area contributed by atoms with Gasteiger partial charge in [-0.2, -0.15) is 10.1 Å². The van der Waals surface area contributed by atoms with Gasteiger partial charge in [-0.25, -0.2) is 9.78 Å². The Labute approximate surface area is 192 Å². The molecule has 3 aromatic heterocycles. The van der Waals surface area contributed by atoms with Gasteiger partial charge in [-0.1, -0.05) is 0 Å². The summed E-state index contributed by atoms with van der Waals surface area (Å²) in [5.41, 5.74) is 1.22. The van der Waals surface area contributed by atoms with E-state index in [4.69, 9.17) is 14.7 Å². The quantitative estimate of drug-likeness (QED) is 0.542. The largest absolute Gasteiger partial charge is 0.444 e. The molecule has 2 aliphatic rings. The molecule has 0 aliphatic carbocycles. The predicted octanol–water partition coefficient (Wildman–Crippen LogP) is 4.14. The molecule has 2 saturated heterocycles. The first-order valence-corrected chi connectivity index (χ1v) is 11.4. The number of carbonyl (C=O) groups excluding carboxylic acids is 1. The predicted molar refractivity (Wildman–Crippen MR) is 125 cm³/mol. The number of hydrogen-bond donors (Lipinski definition) is 3. The summed E-state index contributed by atoms with van der Waals surface area (Å²) < 4.78 is 5.65. The van der Waals surface area contributed by atoms with Gasteiger partial charge in [0.2, 0.25) is 5.95 Å². The zero-order valence-corrected chi connectivity index (χ0v) is 19.4. The number of amides is 1. The number of piperidine rings is 1. The van der Waals surface area contributed by atoms with Crippen molar-refractivity contribution < 1.29 is 9.53 Å². The van der Waals surface area contributed by atoms with E-state index in [0.29, 0.717) is 17.6 Å². The fourth-order valence-corrected chi connectivity index (χ4v) is 4.83. The smallest absolute Gasteiger partial charge is 0.410 e. The van der Waals surface area contributed by atoms with Gasteiger partial charge in [0.25, 0.3) is 0 Å². The van der Waals surface area contributed by atoms with Crippen LogP contribution in [0.1, 0.15) is 52.1 Å². The lowest BCUT2D eigenvalue weighted by Gasteiger charge is -2.39. The van der Waals surface area contributed by atoms with Gasteiger partial charge < -0.3 is 20.3 Å². The number of H-pyrrole nitrogens is 1. The van der Waals surface area contributed by atoms with Crippen LogP contribution in [0.2, 0.25) is 0 Å². The molecule has 3 aromatic rings. The topological polar surface area (TPSA) is 121 Å². The number of aromatic amines is 1. The number of ether oxygens (including phenoxy) is 1. The molecule has 2 bridgehead atoms. The summed E-state index contributed by atoms with van der Waals surface area (Å²) >= 11 is 0. The Hall–Kier alpha value is -3.43. The van der Waals surface area contributed by atoms with Crippen LogP contribution >= 0.6 is 0 Å². The number of aryl methyl sites for hydroxylation is 1. The number of nitrogens with zero attached hydrogens (tertiary/aromatic N) is 5. The third-order valence-electron chi connectivity index (χ3n) is 6.12. The molecule has 10 nitrogen and oxygen atoms in total. The molecule has 5 heterocycles. The minimum atomic E-state index is -0.491. The number of rotatable bonds is 4. The SMILES string of the molecule is Cc1cc(Nc2nc(NC3C[C@H]4CC[C@@H](C3)N4C(=O)OC(C)(C)C)nc3cnccc23)n[nH]1. The van der Waals surface area contributed by atoms with Gasteiger partial charge in [-0.15, -0.1) is 0 Å². The molecule has 2 fully saturated rings. The second-order valence-corrected chi connectivity index (χ2v) is 9.94. The van der Waals surface area contributed by atoms with Crippen molar-refractivity contribution >= 4 is 34.6 Å². The summed E-state index contributed by atoms with van der Waals surface area (Å²) in [6.07, 6.45) is 6.92. The molecule has 3 N–H and O–H groups in total. The van der Waals surface area contributed by atoms with E-state index in [2.05, 4.69) is 25.8 Å². The molecule has 0 aromatic carbocycles. The van der Waals surface area contributed by atoms with Crippen molar-refractivity contribution in [3.05, 3.63) is 30.2 Å². The van der Waals surface area contributed by atoms with Crippen LogP contribution in [0.15, 0.2) is 24.5 Å². The standard InChI is InChI=1S/C23H30N8O2/c1-13-9-19(30-29-13)27-20-17-7-8-24-12-18(17)26-21(28-20)25-14-10-15-5-6-16(11-14)31(15)22(32)33-23(2,3)4/h7-9,12,14-16H,5-6,10-11H2,1-4H3,(H3,25,26,27,28,29,30)/t14?,15-,16+. The Morgan fingerprint density at radius 3 is 2.64 bits per heavy atom. The normalized spacial score (nSPS) is 22.4. The Kier molecular flexibility index (Phi) is 5.30. The maximum absolute atomic E-state index is 12.7. The third-order valence-corrected chi connectivity index (χ3v) is 6.12. The maximum atomic E-state index is 12.7. The van der Waals surface area contributed by atoms with Crippen molar-refractivity contribution in [2.24, 2.45) is 0 Å². The van der Waals surface area contributed by atoms with Gasteiger partial charge in [0.05, 0.1) is 11.7 Å². The summed E-state index contributed by atoms with van der Waals surface area (Å²) in [4.78, 5) is 28.4. The van der Waals surface area contributed by atoms with E-state index in [-0.39, 0.29) is 24.2 Å². The summed E-state index contributed by atoms with van der Waals surface area (Å²) in [5.74, 6) is 1.91. The van der Waals surface area contributed by atoms with Crippen molar-refractivity contribution in [2.45, 2.75) is 77.1 Å². The number of pyridine rings is 1. The van der Waals surface area contributed by atoms with Crippen LogP contribution in [0.3, 0.4) is 0 Å². The van der Waals surface area contributed by atoms with Crippen molar-refractivity contribution in [1.82, 2.24) is 30.0 Å². The van der Waals surface area contributed by atoms with E-state index >= 15 is 0 Å². The van der Waals surface area contributed by atoms with Gasteiger partial charge in [0.1, 0.15) is 11.4 Å². The van der Waals surface area contributed by atoms with E-state index in [0.717, 1.165) is 42.3 Å². The Morgan fingerprint density at radius 2 is 1.97 bits per heavy atom. The van der Waals surface area contributed by atoms with E-state index in [9.17, 15) is 4.79 Å². The molecule has 1 unspecified atom stereocenters. The van der Waals surface area contributed by atoms with Gasteiger partial charge in [-0.3, -0.25) is 10.1 Å². The lowest BCUT2D eigenvalue weighted by Crippen LogP contribution is -2.51. The van der Waals surface area contributed by atoms with Gasteiger partial charge in [0, 0.05) is 41.5 Å². The molecule has 0 spiro atoms. The fourth-order valence-electron chi connectivity index (χ4n) is 4.83. The molecule has 0 radical (unpaired) electrons. The molecule has 174 valence electrons. The molecule has 3 atom stereocenters. The number of hydrogen-bond acceptors (Lipinski definition) is 8. The molecule has 5 rings (SSSR count). The van der Waals surface area contributed by atoms with E-state index < -0.39 is 5.60 Å². The van der Waals surface area contributed by atoms with E-state index in [1.165, 1.54) is 0 Å². The highest BCUT2D eigenvalue weighted by molar-refractivity contribution is 5.90. The van der Waals surface area contributed by atoms with Crippen LogP contribution in [-0.2, 0) is 4.74 Å². The Bertz CT molecular complexity index is 1160. The first kappa shape index (κ1) is 21.4.